The van der Waals surface area contributed by atoms with E-state index in [9.17, 15) is 0 Å². The van der Waals surface area contributed by atoms with E-state index in [-0.39, 0.29) is 0 Å². The SMILES string of the molecule is Cc1nn(C)c2ncc(CN3CCN(Cc4ccc(Br)s4)CC3)cc12. The molecule has 3 aromatic heterocycles. The monoisotopic (exact) mass is 419 g/mol. The van der Waals surface area contributed by atoms with Gasteiger partial charge in [-0.2, -0.15) is 5.10 Å². The second-order valence-corrected chi connectivity index (χ2v) is 9.23. The molecule has 1 aliphatic heterocycles. The van der Waals surface area contributed by atoms with E-state index in [4.69, 9.17) is 0 Å². The van der Waals surface area contributed by atoms with Crippen LogP contribution in [-0.2, 0) is 20.1 Å². The van der Waals surface area contributed by atoms with Crippen molar-refractivity contribution in [3.05, 3.63) is 44.3 Å². The van der Waals surface area contributed by atoms with Gasteiger partial charge in [0.15, 0.2) is 5.65 Å². The van der Waals surface area contributed by atoms with Gasteiger partial charge in [-0.25, -0.2) is 4.98 Å². The number of pyridine rings is 1. The maximum Gasteiger partial charge on any atom is 0.157 e. The Kier molecular flexibility index (Phi) is 4.90. The number of fused-ring (bicyclic) bond motifs is 1. The minimum atomic E-state index is 0.966. The second-order valence-electron chi connectivity index (χ2n) is 6.68. The van der Waals surface area contributed by atoms with Gasteiger partial charge in [0.1, 0.15) is 0 Å². The zero-order chi connectivity index (χ0) is 17.4. The van der Waals surface area contributed by atoms with Crippen molar-refractivity contribution in [3.63, 3.8) is 0 Å². The Morgan fingerprint density at radius 1 is 1.12 bits per heavy atom. The number of aryl methyl sites for hydroxylation is 2. The predicted molar refractivity (Wildman–Crippen MR) is 106 cm³/mol. The highest BCUT2D eigenvalue weighted by Gasteiger charge is 2.18. The van der Waals surface area contributed by atoms with Crippen LogP contribution in [0, 0.1) is 6.92 Å². The number of hydrogen-bond donors (Lipinski definition) is 0. The normalized spacial score (nSPS) is 16.8. The molecule has 0 radical (unpaired) electrons. The summed E-state index contributed by atoms with van der Waals surface area (Å²) in [6.07, 6.45) is 2.00. The number of halogens is 1. The summed E-state index contributed by atoms with van der Waals surface area (Å²) in [4.78, 5) is 11.1. The Bertz CT molecular complexity index is 879. The summed E-state index contributed by atoms with van der Waals surface area (Å²) < 4.78 is 3.07. The van der Waals surface area contributed by atoms with Gasteiger partial charge in [-0.05, 0) is 46.6 Å². The van der Waals surface area contributed by atoms with Gasteiger partial charge in [0, 0.05) is 62.8 Å². The summed E-state index contributed by atoms with van der Waals surface area (Å²) in [7, 11) is 1.95. The number of thiophene rings is 1. The minimum Gasteiger partial charge on any atom is -0.296 e. The van der Waals surface area contributed by atoms with Gasteiger partial charge in [-0.3, -0.25) is 14.5 Å². The van der Waals surface area contributed by atoms with E-state index in [2.05, 4.69) is 60.9 Å². The molecule has 0 bridgehead atoms. The third-order valence-electron chi connectivity index (χ3n) is 4.80. The quantitative estimate of drug-likeness (QED) is 0.648. The summed E-state index contributed by atoms with van der Waals surface area (Å²) >= 11 is 5.38. The van der Waals surface area contributed by atoms with Crippen LogP contribution >= 0.6 is 27.3 Å². The Morgan fingerprint density at radius 2 is 1.84 bits per heavy atom. The lowest BCUT2D eigenvalue weighted by Crippen LogP contribution is -2.45. The first-order chi connectivity index (χ1) is 12.1. The first-order valence-electron chi connectivity index (χ1n) is 8.55. The molecule has 0 N–H and O–H groups in total. The van der Waals surface area contributed by atoms with Gasteiger partial charge in [-0.1, -0.05) is 0 Å². The van der Waals surface area contributed by atoms with Gasteiger partial charge in [0.05, 0.1) is 9.48 Å². The van der Waals surface area contributed by atoms with E-state index in [1.54, 1.807) is 0 Å². The third kappa shape index (κ3) is 3.79. The van der Waals surface area contributed by atoms with Crippen molar-refractivity contribution < 1.29 is 0 Å². The van der Waals surface area contributed by atoms with Gasteiger partial charge in [0.2, 0.25) is 0 Å². The Morgan fingerprint density at radius 3 is 2.52 bits per heavy atom. The molecule has 132 valence electrons. The second kappa shape index (κ2) is 7.15. The van der Waals surface area contributed by atoms with Crippen LogP contribution in [0.2, 0.25) is 0 Å². The van der Waals surface area contributed by atoms with Gasteiger partial charge in [-0.15, -0.1) is 11.3 Å². The van der Waals surface area contributed by atoms with Crippen molar-refractivity contribution in [2.45, 2.75) is 20.0 Å². The smallest absolute Gasteiger partial charge is 0.157 e. The minimum absolute atomic E-state index is 0.966. The molecule has 0 aromatic carbocycles. The molecule has 1 saturated heterocycles. The first kappa shape index (κ1) is 17.1. The molecule has 7 heteroatoms. The van der Waals surface area contributed by atoms with Gasteiger partial charge < -0.3 is 0 Å². The topological polar surface area (TPSA) is 37.2 Å². The lowest BCUT2D eigenvalue weighted by Gasteiger charge is -2.34. The average Bonchev–Trinajstić information content (AvgIpc) is 3.13. The van der Waals surface area contributed by atoms with Gasteiger partial charge in [0.25, 0.3) is 0 Å². The Hall–Kier alpha value is -1.28. The maximum absolute atomic E-state index is 4.60. The fourth-order valence-electron chi connectivity index (χ4n) is 3.46. The third-order valence-corrected chi connectivity index (χ3v) is 6.41. The number of aromatic nitrogens is 3. The number of rotatable bonds is 4. The number of nitrogens with zero attached hydrogens (tertiary/aromatic N) is 5. The molecule has 4 heterocycles. The standard InChI is InChI=1S/C18H22BrN5S/c1-13-16-9-14(10-20-18(16)22(2)21-13)11-23-5-7-24(8-6-23)12-15-3-4-17(19)25-15/h3-4,9-10H,5-8,11-12H2,1-2H3. The Balaban J connectivity index is 1.36. The molecule has 0 atom stereocenters. The van der Waals surface area contributed by atoms with Crippen LogP contribution < -0.4 is 0 Å². The molecule has 4 rings (SSSR count). The van der Waals surface area contributed by atoms with E-state index in [1.165, 1.54) is 19.6 Å². The van der Waals surface area contributed by atoms with Crippen molar-refractivity contribution >= 4 is 38.3 Å². The molecule has 0 unspecified atom stereocenters. The van der Waals surface area contributed by atoms with Crippen molar-refractivity contribution in [1.29, 1.82) is 0 Å². The van der Waals surface area contributed by atoms with Crippen LogP contribution in [0.5, 0.6) is 0 Å². The lowest BCUT2D eigenvalue weighted by molar-refractivity contribution is 0.123. The average molecular weight is 420 g/mol. The summed E-state index contributed by atoms with van der Waals surface area (Å²) in [5.74, 6) is 0. The van der Waals surface area contributed by atoms with E-state index >= 15 is 0 Å². The maximum atomic E-state index is 4.60. The molecule has 3 aromatic rings. The summed E-state index contributed by atoms with van der Waals surface area (Å²) in [6, 6.07) is 6.61. The molecule has 0 aliphatic carbocycles. The summed E-state index contributed by atoms with van der Waals surface area (Å²) in [5.41, 5.74) is 3.30. The Labute approximate surface area is 160 Å². The molecule has 25 heavy (non-hydrogen) atoms. The number of piperazine rings is 1. The molecular formula is C18H22BrN5S. The number of hydrogen-bond acceptors (Lipinski definition) is 5. The zero-order valence-corrected chi connectivity index (χ0v) is 17.0. The zero-order valence-electron chi connectivity index (χ0n) is 14.6. The van der Waals surface area contributed by atoms with Crippen LogP contribution in [-0.4, -0.2) is 50.7 Å². The lowest BCUT2D eigenvalue weighted by atomic mass is 10.2. The van der Waals surface area contributed by atoms with Crippen LogP contribution in [0.25, 0.3) is 11.0 Å². The van der Waals surface area contributed by atoms with Gasteiger partial charge >= 0.3 is 0 Å². The highest BCUT2D eigenvalue weighted by atomic mass is 79.9. The van der Waals surface area contributed by atoms with Crippen LogP contribution in [0.1, 0.15) is 16.1 Å². The molecule has 0 amide bonds. The predicted octanol–water partition coefficient (Wildman–Crippen LogP) is 3.42. The van der Waals surface area contributed by atoms with E-state index in [0.717, 1.165) is 50.6 Å². The van der Waals surface area contributed by atoms with Crippen LogP contribution in [0.4, 0.5) is 0 Å². The van der Waals surface area contributed by atoms with E-state index in [1.807, 2.05) is 29.3 Å². The van der Waals surface area contributed by atoms with Crippen molar-refractivity contribution in [2.75, 3.05) is 26.2 Å². The first-order valence-corrected chi connectivity index (χ1v) is 10.2. The summed E-state index contributed by atoms with van der Waals surface area (Å²) in [5, 5.41) is 5.63. The van der Waals surface area contributed by atoms with Crippen LogP contribution in [0.15, 0.2) is 28.2 Å². The fraction of sp³-hybridized carbons (Fsp3) is 0.444. The van der Waals surface area contributed by atoms with E-state index < -0.39 is 0 Å². The molecule has 0 saturated carbocycles. The largest absolute Gasteiger partial charge is 0.296 e. The molecule has 1 aliphatic rings. The summed E-state index contributed by atoms with van der Waals surface area (Å²) in [6.45, 7) is 8.54. The van der Waals surface area contributed by atoms with E-state index in [0.29, 0.717) is 0 Å². The molecule has 5 nitrogen and oxygen atoms in total. The van der Waals surface area contributed by atoms with Crippen LogP contribution in [0.3, 0.4) is 0 Å². The molecule has 0 spiro atoms. The molecular weight excluding hydrogens is 398 g/mol. The highest BCUT2D eigenvalue weighted by Crippen LogP contribution is 2.24. The van der Waals surface area contributed by atoms with Crippen molar-refractivity contribution in [1.82, 2.24) is 24.6 Å². The molecule has 1 fully saturated rings. The highest BCUT2D eigenvalue weighted by molar-refractivity contribution is 9.11. The fourth-order valence-corrected chi connectivity index (χ4v) is 4.98. The van der Waals surface area contributed by atoms with Crippen molar-refractivity contribution in [2.24, 2.45) is 7.05 Å². The van der Waals surface area contributed by atoms with Crippen molar-refractivity contribution in [3.8, 4) is 0 Å².